The predicted molar refractivity (Wildman–Crippen MR) is 119 cm³/mol. The summed E-state index contributed by atoms with van der Waals surface area (Å²) < 4.78 is 1.42. The van der Waals surface area contributed by atoms with Crippen LogP contribution in [-0.2, 0) is 7.05 Å². The first-order chi connectivity index (χ1) is 15.0. The summed E-state index contributed by atoms with van der Waals surface area (Å²) in [6.07, 6.45) is 9.37. The van der Waals surface area contributed by atoms with Crippen LogP contribution in [0, 0.1) is 12.8 Å². The minimum Gasteiger partial charge on any atom is -0.352 e. The standard InChI is InChI=1S/C24H27N5O2/c1-16-26-14-20(21-5-3-4-12-25-21)23(28-16)18-8-6-17(7-9-18)13-27-24(31)19-10-11-22(30)29(2)15-19/h3-5,10-12,14-15,17-18H,6-9,13H2,1-2H3,(H,27,31). The highest BCUT2D eigenvalue weighted by Crippen LogP contribution is 2.38. The molecule has 1 amide bonds. The van der Waals surface area contributed by atoms with Crippen LogP contribution in [0.2, 0.25) is 0 Å². The fraction of sp³-hybridized carbons (Fsp3) is 0.375. The van der Waals surface area contributed by atoms with Crippen LogP contribution in [0.4, 0.5) is 0 Å². The Morgan fingerprint density at radius 2 is 1.94 bits per heavy atom. The van der Waals surface area contributed by atoms with Crippen molar-refractivity contribution in [3.63, 3.8) is 0 Å². The molecule has 1 fully saturated rings. The van der Waals surface area contributed by atoms with E-state index in [0.29, 0.717) is 23.9 Å². The van der Waals surface area contributed by atoms with E-state index >= 15 is 0 Å². The number of rotatable bonds is 5. The maximum atomic E-state index is 12.4. The van der Waals surface area contributed by atoms with Gasteiger partial charge in [0.15, 0.2) is 0 Å². The Balaban J connectivity index is 1.38. The molecule has 4 rings (SSSR count). The normalized spacial score (nSPS) is 18.5. The van der Waals surface area contributed by atoms with Crippen molar-refractivity contribution in [2.24, 2.45) is 13.0 Å². The Kier molecular flexibility index (Phi) is 6.21. The minimum atomic E-state index is -0.137. The van der Waals surface area contributed by atoms with Crippen LogP contribution in [0.3, 0.4) is 0 Å². The van der Waals surface area contributed by atoms with E-state index in [9.17, 15) is 9.59 Å². The minimum absolute atomic E-state index is 0.125. The molecule has 1 saturated carbocycles. The molecule has 3 aromatic heterocycles. The topological polar surface area (TPSA) is 89.8 Å². The number of nitrogens with zero attached hydrogens (tertiary/aromatic N) is 4. The maximum Gasteiger partial charge on any atom is 0.252 e. The van der Waals surface area contributed by atoms with Crippen LogP contribution in [-0.4, -0.2) is 32.0 Å². The Hall–Kier alpha value is -3.35. The molecule has 0 atom stereocenters. The van der Waals surface area contributed by atoms with Gasteiger partial charge in [-0.3, -0.25) is 14.6 Å². The largest absolute Gasteiger partial charge is 0.352 e. The lowest BCUT2D eigenvalue weighted by atomic mass is 9.79. The zero-order valence-electron chi connectivity index (χ0n) is 17.9. The molecule has 1 aliphatic rings. The molecular weight excluding hydrogens is 390 g/mol. The summed E-state index contributed by atoms with van der Waals surface area (Å²) in [7, 11) is 1.65. The van der Waals surface area contributed by atoms with Gasteiger partial charge in [-0.05, 0) is 56.7 Å². The maximum absolute atomic E-state index is 12.4. The summed E-state index contributed by atoms with van der Waals surface area (Å²) in [6.45, 7) is 2.57. The van der Waals surface area contributed by atoms with Gasteiger partial charge in [0.2, 0.25) is 5.56 Å². The molecule has 0 bridgehead atoms. The van der Waals surface area contributed by atoms with E-state index in [0.717, 1.165) is 48.5 Å². The molecule has 7 nitrogen and oxygen atoms in total. The average molecular weight is 418 g/mol. The molecule has 0 radical (unpaired) electrons. The summed E-state index contributed by atoms with van der Waals surface area (Å²) in [5, 5.41) is 3.03. The Morgan fingerprint density at radius 3 is 2.65 bits per heavy atom. The first-order valence-electron chi connectivity index (χ1n) is 10.7. The summed E-state index contributed by atoms with van der Waals surface area (Å²) in [6, 6.07) is 8.88. The van der Waals surface area contributed by atoms with E-state index in [2.05, 4.69) is 15.3 Å². The zero-order chi connectivity index (χ0) is 21.8. The Morgan fingerprint density at radius 1 is 1.13 bits per heavy atom. The van der Waals surface area contributed by atoms with Gasteiger partial charge in [-0.15, -0.1) is 0 Å². The number of aromatic nitrogens is 4. The second-order valence-electron chi connectivity index (χ2n) is 8.23. The number of hydrogen-bond acceptors (Lipinski definition) is 5. The lowest BCUT2D eigenvalue weighted by Gasteiger charge is -2.29. The predicted octanol–water partition coefficient (Wildman–Crippen LogP) is 3.25. The molecule has 160 valence electrons. The fourth-order valence-corrected chi connectivity index (χ4v) is 4.23. The summed E-state index contributed by atoms with van der Waals surface area (Å²) in [5.41, 5.74) is 3.38. The zero-order valence-corrected chi connectivity index (χ0v) is 17.9. The van der Waals surface area contributed by atoms with E-state index in [-0.39, 0.29) is 11.5 Å². The number of amides is 1. The van der Waals surface area contributed by atoms with E-state index in [1.165, 1.54) is 10.6 Å². The highest BCUT2D eigenvalue weighted by Gasteiger charge is 2.26. The third kappa shape index (κ3) is 4.87. The van der Waals surface area contributed by atoms with Crippen molar-refractivity contribution in [3.8, 4) is 11.3 Å². The smallest absolute Gasteiger partial charge is 0.252 e. The number of hydrogen-bond donors (Lipinski definition) is 1. The lowest BCUT2D eigenvalue weighted by molar-refractivity contribution is 0.0942. The first kappa shape index (κ1) is 20.9. The van der Waals surface area contributed by atoms with Crippen molar-refractivity contribution in [3.05, 3.63) is 76.4 Å². The van der Waals surface area contributed by atoms with Gasteiger partial charge in [0, 0.05) is 49.7 Å². The number of carbonyl (C=O) groups is 1. The Labute approximate surface area is 181 Å². The van der Waals surface area contributed by atoms with Crippen molar-refractivity contribution < 1.29 is 4.79 Å². The SMILES string of the molecule is Cc1ncc(-c2ccccn2)c(C2CCC(CNC(=O)c3ccc(=O)n(C)c3)CC2)n1. The molecule has 7 heteroatoms. The van der Waals surface area contributed by atoms with Gasteiger partial charge in [-0.2, -0.15) is 0 Å². The summed E-state index contributed by atoms with van der Waals surface area (Å²) >= 11 is 0. The lowest BCUT2D eigenvalue weighted by Crippen LogP contribution is -2.32. The number of pyridine rings is 2. The van der Waals surface area contributed by atoms with Gasteiger partial charge in [-0.1, -0.05) is 6.07 Å². The molecule has 1 aliphatic carbocycles. The van der Waals surface area contributed by atoms with E-state index in [4.69, 9.17) is 4.98 Å². The van der Waals surface area contributed by atoms with Gasteiger partial charge >= 0.3 is 0 Å². The molecule has 0 aromatic carbocycles. The van der Waals surface area contributed by atoms with Crippen molar-refractivity contribution in [2.75, 3.05) is 6.54 Å². The fourth-order valence-electron chi connectivity index (χ4n) is 4.23. The molecule has 0 spiro atoms. The summed E-state index contributed by atoms with van der Waals surface area (Å²) in [4.78, 5) is 37.6. The van der Waals surface area contributed by atoms with Crippen molar-refractivity contribution in [2.45, 2.75) is 38.5 Å². The second kappa shape index (κ2) is 9.20. The van der Waals surface area contributed by atoms with Crippen LogP contribution in [0.1, 0.15) is 53.5 Å². The molecule has 3 heterocycles. The van der Waals surface area contributed by atoms with Gasteiger partial charge in [0.05, 0.1) is 17.0 Å². The van der Waals surface area contributed by atoms with Crippen molar-refractivity contribution >= 4 is 5.91 Å². The number of carbonyl (C=O) groups excluding carboxylic acids is 1. The highest BCUT2D eigenvalue weighted by atomic mass is 16.2. The third-order valence-corrected chi connectivity index (χ3v) is 6.01. The van der Waals surface area contributed by atoms with Gasteiger partial charge in [-0.25, -0.2) is 9.97 Å². The monoisotopic (exact) mass is 417 g/mol. The Bertz CT molecular complexity index is 1120. The van der Waals surface area contributed by atoms with Crippen molar-refractivity contribution in [1.29, 1.82) is 0 Å². The quantitative estimate of drug-likeness (QED) is 0.688. The van der Waals surface area contributed by atoms with Crippen LogP contribution >= 0.6 is 0 Å². The van der Waals surface area contributed by atoms with Crippen LogP contribution in [0.15, 0.2) is 53.7 Å². The molecule has 0 saturated heterocycles. The number of aryl methyl sites for hydroxylation is 2. The molecule has 0 aliphatic heterocycles. The molecule has 1 N–H and O–H groups in total. The van der Waals surface area contributed by atoms with Crippen LogP contribution in [0.5, 0.6) is 0 Å². The molecule has 0 unspecified atom stereocenters. The molecule has 3 aromatic rings. The molecule has 31 heavy (non-hydrogen) atoms. The van der Waals surface area contributed by atoms with Crippen LogP contribution in [0.25, 0.3) is 11.3 Å². The first-order valence-corrected chi connectivity index (χ1v) is 10.7. The van der Waals surface area contributed by atoms with Crippen molar-refractivity contribution in [1.82, 2.24) is 24.8 Å². The molecular formula is C24H27N5O2. The van der Waals surface area contributed by atoms with Crippen LogP contribution < -0.4 is 10.9 Å². The van der Waals surface area contributed by atoms with E-state index < -0.39 is 0 Å². The van der Waals surface area contributed by atoms with Gasteiger partial charge < -0.3 is 9.88 Å². The third-order valence-electron chi connectivity index (χ3n) is 6.01. The van der Waals surface area contributed by atoms with Gasteiger partial charge in [0.1, 0.15) is 5.82 Å². The van der Waals surface area contributed by atoms with E-state index in [1.807, 2.05) is 31.3 Å². The number of nitrogens with one attached hydrogen (secondary N) is 1. The van der Waals surface area contributed by atoms with E-state index in [1.54, 1.807) is 25.5 Å². The second-order valence-corrected chi connectivity index (χ2v) is 8.23. The average Bonchev–Trinajstić information content (AvgIpc) is 2.80. The highest BCUT2D eigenvalue weighted by molar-refractivity contribution is 5.93. The van der Waals surface area contributed by atoms with Gasteiger partial charge in [0.25, 0.3) is 5.91 Å². The summed E-state index contributed by atoms with van der Waals surface area (Å²) in [5.74, 6) is 1.45.